The van der Waals surface area contributed by atoms with E-state index in [4.69, 9.17) is 0 Å². The zero-order chi connectivity index (χ0) is 10.3. The third kappa shape index (κ3) is 1.22. The van der Waals surface area contributed by atoms with E-state index in [2.05, 4.69) is 25.3 Å². The lowest BCUT2D eigenvalue weighted by Crippen LogP contribution is -2.17. The maximum absolute atomic E-state index is 11.6. The second kappa shape index (κ2) is 3.29. The first-order chi connectivity index (χ1) is 6.63. The molecule has 0 radical (unpaired) electrons. The van der Waals surface area contributed by atoms with Crippen LogP contribution in [0.25, 0.3) is 0 Å². The Bertz CT molecular complexity index is 432. The van der Waals surface area contributed by atoms with Crippen molar-refractivity contribution in [1.29, 1.82) is 0 Å². The molecular weight excluding hydrogens is 216 g/mol. The number of benzene rings is 1. The minimum Gasteiger partial charge on any atom is -0.288 e. The Morgan fingerprint density at radius 2 is 1.14 bits per heavy atom. The van der Waals surface area contributed by atoms with E-state index in [0.29, 0.717) is 11.1 Å². The third-order valence-corrected chi connectivity index (χ3v) is 3.10. The number of fused-ring (bicyclic) bond motifs is 1. The number of Topliss-reactive ketones (excluding diaryl/α,β-unsaturated/α-hetero) is 2. The summed E-state index contributed by atoms with van der Waals surface area (Å²) in [5.41, 5.74) is 0.806. The number of hydrogen-bond donors (Lipinski definition) is 2. The molecule has 0 heterocycles. The van der Waals surface area contributed by atoms with Gasteiger partial charge in [0.2, 0.25) is 11.6 Å². The lowest BCUT2D eigenvalue weighted by Gasteiger charge is -2.14. The van der Waals surface area contributed by atoms with Crippen molar-refractivity contribution in [2.45, 2.75) is 0 Å². The van der Waals surface area contributed by atoms with Crippen molar-refractivity contribution >= 4 is 36.8 Å². The van der Waals surface area contributed by atoms with Crippen LogP contribution in [0.15, 0.2) is 34.1 Å². The molecule has 0 atom stereocenters. The largest absolute Gasteiger partial charge is 0.288 e. The molecule has 0 saturated heterocycles. The van der Waals surface area contributed by atoms with Gasteiger partial charge >= 0.3 is 0 Å². The Morgan fingerprint density at radius 1 is 0.786 bits per heavy atom. The molecule has 2 nitrogen and oxygen atoms in total. The number of hydrogen-bond acceptors (Lipinski definition) is 4. The number of thiol groups is 2. The lowest BCUT2D eigenvalue weighted by molar-refractivity contribution is 0.0988. The van der Waals surface area contributed by atoms with Gasteiger partial charge in [0.1, 0.15) is 0 Å². The van der Waals surface area contributed by atoms with Crippen molar-refractivity contribution < 1.29 is 9.59 Å². The van der Waals surface area contributed by atoms with E-state index in [9.17, 15) is 9.59 Å². The van der Waals surface area contributed by atoms with Crippen LogP contribution in [0, 0.1) is 0 Å². The van der Waals surface area contributed by atoms with Crippen molar-refractivity contribution in [3.8, 4) is 0 Å². The summed E-state index contributed by atoms with van der Waals surface area (Å²) in [5, 5.41) is 0. The summed E-state index contributed by atoms with van der Waals surface area (Å²) >= 11 is 7.94. The average Bonchev–Trinajstić information content (AvgIpc) is 2.23. The maximum atomic E-state index is 11.6. The second-order valence-electron chi connectivity index (χ2n) is 2.90. The minimum atomic E-state index is -0.242. The second-order valence-corrected chi connectivity index (χ2v) is 3.80. The Labute approximate surface area is 91.8 Å². The van der Waals surface area contributed by atoms with Gasteiger partial charge in [0.05, 0.1) is 9.81 Å². The van der Waals surface area contributed by atoms with Crippen LogP contribution in [-0.4, -0.2) is 11.6 Å². The molecule has 4 heteroatoms. The Kier molecular flexibility index (Phi) is 2.25. The SMILES string of the molecule is O=C1C(S)=C(S)C(=O)c2ccccc21. The normalized spacial score (nSPS) is 15.9. The van der Waals surface area contributed by atoms with Crippen LogP contribution >= 0.6 is 25.3 Å². The van der Waals surface area contributed by atoms with Gasteiger partial charge in [-0.25, -0.2) is 0 Å². The van der Waals surface area contributed by atoms with Crippen molar-refractivity contribution in [3.63, 3.8) is 0 Å². The fraction of sp³-hybridized carbons (Fsp3) is 0. The minimum absolute atomic E-state index is 0.122. The summed E-state index contributed by atoms with van der Waals surface area (Å²) in [6.45, 7) is 0. The van der Waals surface area contributed by atoms with E-state index in [1.54, 1.807) is 24.3 Å². The fourth-order valence-electron chi connectivity index (χ4n) is 1.35. The molecule has 0 amide bonds. The van der Waals surface area contributed by atoms with Gasteiger partial charge in [-0.2, -0.15) is 0 Å². The number of carbonyl (C=O) groups excluding carboxylic acids is 2. The predicted octanol–water partition coefficient (Wildman–Crippen LogP) is 2.14. The van der Waals surface area contributed by atoms with Crippen LogP contribution in [0.1, 0.15) is 20.7 Å². The quantitative estimate of drug-likeness (QED) is 0.659. The molecule has 0 aliphatic heterocycles. The molecule has 0 saturated carbocycles. The summed E-state index contributed by atoms with van der Waals surface area (Å²) in [6, 6.07) is 6.67. The third-order valence-electron chi connectivity index (χ3n) is 2.07. The molecule has 1 aliphatic carbocycles. The molecule has 0 aromatic heterocycles. The summed E-state index contributed by atoms with van der Waals surface area (Å²) in [7, 11) is 0. The number of carbonyl (C=O) groups is 2. The van der Waals surface area contributed by atoms with Crippen LogP contribution in [0.3, 0.4) is 0 Å². The zero-order valence-corrected chi connectivity index (χ0v) is 8.81. The molecule has 1 aromatic rings. The van der Waals surface area contributed by atoms with E-state index < -0.39 is 0 Å². The highest BCUT2D eigenvalue weighted by Crippen LogP contribution is 2.29. The average molecular weight is 222 g/mol. The summed E-state index contributed by atoms with van der Waals surface area (Å²) < 4.78 is 0. The monoisotopic (exact) mass is 222 g/mol. The summed E-state index contributed by atoms with van der Waals surface area (Å²) in [4.78, 5) is 23.5. The lowest BCUT2D eigenvalue weighted by atomic mass is 9.94. The van der Waals surface area contributed by atoms with Gasteiger partial charge in [-0.05, 0) is 0 Å². The van der Waals surface area contributed by atoms with E-state index in [-0.39, 0.29) is 21.4 Å². The Balaban J connectivity index is 2.73. The van der Waals surface area contributed by atoms with Crippen LogP contribution in [0.5, 0.6) is 0 Å². The van der Waals surface area contributed by atoms with Gasteiger partial charge in [-0.1, -0.05) is 24.3 Å². The highest BCUT2D eigenvalue weighted by Gasteiger charge is 2.28. The number of rotatable bonds is 0. The van der Waals surface area contributed by atoms with Gasteiger partial charge in [0.25, 0.3) is 0 Å². The van der Waals surface area contributed by atoms with E-state index in [0.717, 1.165) is 0 Å². The number of allylic oxidation sites excluding steroid dienone is 2. The highest BCUT2D eigenvalue weighted by atomic mass is 32.1. The first kappa shape index (κ1) is 9.55. The summed E-state index contributed by atoms with van der Waals surface area (Å²) in [6.07, 6.45) is 0. The van der Waals surface area contributed by atoms with Crippen LogP contribution in [-0.2, 0) is 0 Å². The molecule has 0 bridgehead atoms. The van der Waals surface area contributed by atoms with Crippen molar-refractivity contribution in [3.05, 3.63) is 45.2 Å². The van der Waals surface area contributed by atoms with Gasteiger partial charge in [-0.15, -0.1) is 25.3 Å². The highest BCUT2D eigenvalue weighted by molar-refractivity contribution is 7.90. The van der Waals surface area contributed by atoms with Gasteiger partial charge in [0, 0.05) is 11.1 Å². The van der Waals surface area contributed by atoms with Crippen molar-refractivity contribution in [2.24, 2.45) is 0 Å². The van der Waals surface area contributed by atoms with E-state index in [1.165, 1.54) is 0 Å². The maximum Gasteiger partial charge on any atom is 0.201 e. The Hall–Kier alpha value is -1.00. The van der Waals surface area contributed by atoms with Crippen molar-refractivity contribution in [2.75, 3.05) is 0 Å². The van der Waals surface area contributed by atoms with Crippen LogP contribution < -0.4 is 0 Å². The predicted molar refractivity (Wildman–Crippen MR) is 60.1 cm³/mol. The van der Waals surface area contributed by atoms with Gasteiger partial charge in [-0.3, -0.25) is 9.59 Å². The first-order valence-corrected chi connectivity index (χ1v) is 4.83. The molecule has 1 aromatic carbocycles. The van der Waals surface area contributed by atoms with E-state index >= 15 is 0 Å². The smallest absolute Gasteiger partial charge is 0.201 e. The fourth-order valence-corrected chi connectivity index (χ4v) is 1.79. The number of ketones is 2. The molecule has 0 fully saturated rings. The first-order valence-electron chi connectivity index (χ1n) is 3.93. The molecule has 0 spiro atoms. The molecule has 1 aliphatic rings. The molecule has 0 N–H and O–H groups in total. The summed E-state index contributed by atoms with van der Waals surface area (Å²) in [5.74, 6) is -0.484. The van der Waals surface area contributed by atoms with E-state index in [1.807, 2.05) is 0 Å². The van der Waals surface area contributed by atoms with Crippen molar-refractivity contribution in [1.82, 2.24) is 0 Å². The molecule has 0 unspecified atom stereocenters. The standard InChI is InChI=1S/C10H6O2S2/c11-7-5-3-1-2-4-6(5)8(12)10(14)9(7)13/h1-4,13-14H. The zero-order valence-electron chi connectivity index (χ0n) is 7.02. The molecular formula is C10H6O2S2. The Morgan fingerprint density at radius 3 is 1.50 bits per heavy atom. The molecule has 14 heavy (non-hydrogen) atoms. The van der Waals surface area contributed by atoms with Crippen LogP contribution in [0.4, 0.5) is 0 Å². The van der Waals surface area contributed by atoms with Crippen LogP contribution in [0.2, 0.25) is 0 Å². The molecule has 70 valence electrons. The topological polar surface area (TPSA) is 34.1 Å². The molecule has 2 rings (SSSR count). The van der Waals surface area contributed by atoms with Gasteiger partial charge < -0.3 is 0 Å². The van der Waals surface area contributed by atoms with Gasteiger partial charge in [0.15, 0.2) is 0 Å².